The summed E-state index contributed by atoms with van der Waals surface area (Å²) < 4.78 is 3.28. The van der Waals surface area contributed by atoms with E-state index in [2.05, 4.69) is 26.0 Å². The summed E-state index contributed by atoms with van der Waals surface area (Å²) in [7, 11) is 0. The first-order valence-corrected chi connectivity index (χ1v) is 7.59. The largest absolute Gasteiger partial charge is 0.329 e. The zero-order valence-electron chi connectivity index (χ0n) is 11.0. The Morgan fingerprint density at radius 1 is 1.05 bits per heavy atom. The molecule has 104 valence electrons. The summed E-state index contributed by atoms with van der Waals surface area (Å²) in [5.74, 6) is 0. The highest BCUT2D eigenvalue weighted by Gasteiger charge is 2.01. The van der Waals surface area contributed by atoms with Gasteiger partial charge in [0.2, 0.25) is 0 Å². The highest BCUT2D eigenvalue weighted by atomic mass is 79.9. The molecule has 1 heterocycles. The summed E-state index contributed by atoms with van der Waals surface area (Å²) in [6, 6.07) is 18.0. The molecule has 0 aliphatic heterocycles. The lowest BCUT2D eigenvalue weighted by molar-refractivity contribution is 0.864. The van der Waals surface area contributed by atoms with Crippen molar-refractivity contribution in [3.63, 3.8) is 0 Å². The summed E-state index contributed by atoms with van der Waals surface area (Å²) >= 11 is 8.71. The highest BCUT2D eigenvalue weighted by Crippen LogP contribution is 2.16. The number of hydrogen-bond donors (Lipinski definition) is 1. The van der Waals surface area contributed by atoms with Crippen molar-refractivity contribution >= 4 is 34.4 Å². The second-order valence-electron chi connectivity index (χ2n) is 4.48. The van der Waals surface area contributed by atoms with Crippen LogP contribution in [0, 0.1) is 4.77 Å². The van der Waals surface area contributed by atoms with Crippen LogP contribution in [-0.2, 0) is 0 Å². The number of hydrogen-bond acceptors (Lipinski definition) is 2. The van der Waals surface area contributed by atoms with Gasteiger partial charge in [0, 0.05) is 4.47 Å². The summed E-state index contributed by atoms with van der Waals surface area (Å²) in [6.07, 6.45) is 3.68. The molecule has 0 bridgehead atoms. The van der Waals surface area contributed by atoms with Crippen LogP contribution >= 0.6 is 28.1 Å². The van der Waals surface area contributed by atoms with Crippen molar-refractivity contribution in [1.29, 1.82) is 0 Å². The first kappa shape index (κ1) is 14.0. The number of nitrogens with one attached hydrogen (secondary N) is 1. The van der Waals surface area contributed by atoms with Crippen molar-refractivity contribution < 1.29 is 0 Å². The fourth-order valence-corrected chi connectivity index (χ4v) is 2.39. The quantitative estimate of drug-likeness (QED) is 0.527. The summed E-state index contributed by atoms with van der Waals surface area (Å²) in [5.41, 5.74) is 3.05. The van der Waals surface area contributed by atoms with E-state index in [4.69, 9.17) is 12.2 Å². The maximum absolute atomic E-state index is 5.30. The van der Waals surface area contributed by atoms with Gasteiger partial charge in [0.05, 0.1) is 18.1 Å². The Morgan fingerprint density at radius 3 is 2.48 bits per heavy atom. The first-order chi connectivity index (χ1) is 10.2. The predicted octanol–water partition coefficient (Wildman–Crippen LogP) is 4.86. The zero-order valence-corrected chi connectivity index (χ0v) is 13.4. The average molecular weight is 358 g/mol. The lowest BCUT2D eigenvalue weighted by Gasteiger charge is -1.95. The zero-order chi connectivity index (χ0) is 14.7. The average Bonchev–Trinajstić information content (AvgIpc) is 2.89. The topological polar surface area (TPSA) is 33.1 Å². The van der Waals surface area contributed by atoms with Gasteiger partial charge in [0.1, 0.15) is 0 Å². The molecular weight excluding hydrogens is 346 g/mol. The van der Waals surface area contributed by atoms with Crippen LogP contribution in [0.3, 0.4) is 0 Å². The second-order valence-corrected chi connectivity index (χ2v) is 5.78. The van der Waals surface area contributed by atoms with Gasteiger partial charge in [-0.25, -0.2) is 4.68 Å². The monoisotopic (exact) mass is 357 g/mol. The van der Waals surface area contributed by atoms with Crippen molar-refractivity contribution in [3.8, 4) is 11.3 Å². The fourth-order valence-electron chi connectivity index (χ4n) is 1.91. The highest BCUT2D eigenvalue weighted by molar-refractivity contribution is 9.10. The lowest BCUT2D eigenvalue weighted by atomic mass is 10.2. The van der Waals surface area contributed by atoms with Crippen molar-refractivity contribution in [2.24, 2.45) is 5.10 Å². The van der Waals surface area contributed by atoms with Gasteiger partial charge in [-0.05, 0) is 35.5 Å². The predicted molar refractivity (Wildman–Crippen MR) is 92.2 cm³/mol. The smallest absolute Gasteiger partial charge is 0.198 e. The number of rotatable bonds is 3. The Labute approximate surface area is 136 Å². The Kier molecular flexibility index (Phi) is 4.13. The van der Waals surface area contributed by atoms with Gasteiger partial charge in [-0.15, -0.1) is 0 Å². The van der Waals surface area contributed by atoms with Crippen LogP contribution in [0.5, 0.6) is 0 Å². The number of H-pyrrole nitrogens is 1. The summed E-state index contributed by atoms with van der Waals surface area (Å²) in [6.45, 7) is 0. The van der Waals surface area contributed by atoms with Gasteiger partial charge in [0.25, 0.3) is 0 Å². The number of benzene rings is 2. The number of aromatic nitrogens is 2. The minimum absolute atomic E-state index is 0.571. The van der Waals surface area contributed by atoms with Gasteiger partial charge in [-0.2, -0.15) is 5.10 Å². The molecule has 0 amide bonds. The van der Waals surface area contributed by atoms with Crippen LogP contribution in [0.2, 0.25) is 0 Å². The van der Waals surface area contributed by atoms with Crippen LogP contribution in [0.4, 0.5) is 0 Å². The first-order valence-electron chi connectivity index (χ1n) is 6.39. The molecular formula is C16H12BrN3S. The van der Waals surface area contributed by atoms with E-state index in [1.54, 1.807) is 10.9 Å². The molecule has 2 aromatic carbocycles. The summed E-state index contributed by atoms with van der Waals surface area (Å²) in [4.78, 5) is 3.16. The second kappa shape index (κ2) is 6.20. The molecule has 3 aromatic rings. The lowest BCUT2D eigenvalue weighted by Crippen LogP contribution is -1.88. The molecule has 0 radical (unpaired) electrons. The van der Waals surface area contributed by atoms with Crippen molar-refractivity contribution in [2.75, 3.05) is 0 Å². The molecule has 0 saturated heterocycles. The van der Waals surface area contributed by atoms with E-state index in [9.17, 15) is 0 Å². The molecule has 0 atom stereocenters. The molecule has 0 saturated carbocycles. The van der Waals surface area contributed by atoms with Gasteiger partial charge in [-0.3, -0.25) is 0 Å². The Hall–Kier alpha value is -1.98. The van der Waals surface area contributed by atoms with Crippen molar-refractivity contribution in [3.05, 3.63) is 75.6 Å². The minimum Gasteiger partial charge on any atom is -0.329 e. The van der Waals surface area contributed by atoms with Crippen LogP contribution < -0.4 is 0 Å². The van der Waals surface area contributed by atoms with E-state index in [-0.39, 0.29) is 0 Å². The van der Waals surface area contributed by atoms with Crippen LogP contribution in [-0.4, -0.2) is 15.9 Å². The third-order valence-corrected chi connectivity index (χ3v) is 3.80. The third kappa shape index (κ3) is 3.37. The van der Waals surface area contributed by atoms with E-state index in [0.29, 0.717) is 4.77 Å². The third-order valence-electron chi connectivity index (χ3n) is 2.99. The Bertz CT molecular complexity index is 817. The van der Waals surface area contributed by atoms with E-state index in [1.165, 1.54) is 0 Å². The van der Waals surface area contributed by atoms with Crippen molar-refractivity contribution in [2.45, 2.75) is 0 Å². The molecule has 0 fully saturated rings. The van der Waals surface area contributed by atoms with Gasteiger partial charge in [-0.1, -0.05) is 58.4 Å². The van der Waals surface area contributed by atoms with Crippen LogP contribution in [0.1, 0.15) is 5.56 Å². The van der Waals surface area contributed by atoms with E-state index in [0.717, 1.165) is 21.3 Å². The molecule has 1 aromatic heterocycles. The fraction of sp³-hybridized carbons (Fsp3) is 0. The number of imidazole rings is 1. The van der Waals surface area contributed by atoms with Crippen LogP contribution in [0.25, 0.3) is 11.3 Å². The molecule has 0 unspecified atom stereocenters. The van der Waals surface area contributed by atoms with E-state index < -0.39 is 0 Å². The Balaban J connectivity index is 1.88. The molecule has 0 spiro atoms. The van der Waals surface area contributed by atoms with E-state index >= 15 is 0 Å². The number of nitrogens with zero attached hydrogens (tertiary/aromatic N) is 2. The molecule has 5 heteroatoms. The van der Waals surface area contributed by atoms with Crippen LogP contribution in [0.15, 0.2) is 70.4 Å². The Morgan fingerprint density at radius 2 is 1.76 bits per heavy atom. The molecule has 0 aliphatic rings. The maximum Gasteiger partial charge on any atom is 0.198 e. The SMILES string of the molecule is S=c1[nH]c(-c2ccccc2)cn1/N=C/c1ccc(Br)cc1. The minimum atomic E-state index is 0.571. The molecule has 1 N–H and O–H groups in total. The summed E-state index contributed by atoms with van der Waals surface area (Å²) in [5, 5.41) is 4.39. The van der Waals surface area contributed by atoms with E-state index in [1.807, 2.05) is 60.8 Å². The van der Waals surface area contributed by atoms with Gasteiger partial charge in [0.15, 0.2) is 4.77 Å². The number of halogens is 1. The van der Waals surface area contributed by atoms with Gasteiger partial charge < -0.3 is 4.98 Å². The standard InChI is InChI=1S/C16H12BrN3S/c17-14-8-6-12(7-9-14)10-18-20-11-15(19-16(20)21)13-4-2-1-3-5-13/h1-11H,(H,19,21)/b18-10+. The van der Waals surface area contributed by atoms with Gasteiger partial charge >= 0.3 is 0 Å². The molecule has 3 nitrogen and oxygen atoms in total. The molecule has 0 aliphatic carbocycles. The molecule has 3 rings (SSSR count). The number of aromatic amines is 1. The normalized spacial score (nSPS) is 11.1. The maximum atomic E-state index is 5.30. The van der Waals surface area contributed by atoms with Crippen molar-refractivity contribution in [1.82, 2.24) is 9.66 Å². The molecule has 21 heavy (non-hydrogen) atoms.